The molecule has 17 rings (SSSR count). The third-order valence-electron chi connectivity index (χ3n) is 21.9. The van der Waals surface area contributed by atoms with Gasteiger partial charge in [0.05, 0.1) is 0 Å². The average Bonchev–Trinajstić information content (AvgIpc) is 1.62. The maximum atomic E-state index is 2.44. The first-order valence-corrected chi connectivity index (χ1v) is 34.0. The SMILES string of the molecule is CC1(C)c2ccccc2-c2ccc(N(c3ccccc3)c3ccc4c(c3)C(C)(C)c3cc(/C=C/c5ccc(-c6ccc(-c7ccc(/C=C/c8ccc9c(c8)C(C)(C)c8cc(N(c%10ccccc%10)c%10ccc%11c(c%10)C(C)(C)c%10ccccc%10-%11)ccc8-9)cc7)cc6)cc5)ccc3-4)cc21. The smallest absolute Gasteiger partial charge is 0.0465 e. The molecule has 0 radical (unpaired) electrons. The summed E-state index contributed by atoms with van der Waals surface area (Å²) in [5, 5.41) is 0. The molecule has 4 aliphatic carbocycles. The molecule has 0 spiro atoms. The molecule has 0 unspecified atom stereocenters. The van der Waals surface area contributed by atoms with E-state index in [1.54, 1.807) is 0 Å². The molecule has 2 nitrogen and oxygen atoms in total. The van der Waals surface area contributed by atoms with Gasteiger partial charge in [0.2, 0.25) is 0 Å². The highest BCUT2D eigenvalue weighted by Crippen LogP contribution is 2.56. The lowest BCUT2D eigenvalue weighted by Gasteiger charge is -2.29. The lowest BCUT2D eigenvalue weighted by molar-refractivity contribution is 0.659. The minimum atomic E-state index is -0.192. The van der Waals surface area contributed by atoms with Crippen molar-refractivity contribution in [2.75, 3.05) is 9.80 Å². The molecule has 2 heteroatoms. The highest BCUT2D eigenvalue weighted by molar-refractivity contribution is 5.92. The van der Waals surface area contributed by atoms with Crippen LogP contribution in [0.3, 0.4) is 0 Å². The van der Waals surface area contributed by atoms with Crippen molar-refractivity contribution >= 4 is 58.4 Å². The number of hydrogen-bond donors (Lipinski definition) is 0. The summed E-state index contributed by atoms with van der Waals surface area (Å²) in [5.74, 6) is 0. The van der Waals surface area contributed by atoms with E-state index in [4.69, 9.17) is 0 Å². The number of para-hydroxylation sites is 2. The van der Waals surface area contributed by atoms with Crippen LogP contribution in [0.15, 0.2) is 291 Å². The van der Waals surface area contributed by atoms with E-state index in [2.05, 4.69) is 381 Å². The Kier molecular flexibility index (Phi) is 13.6. The molecule has 4 aliphatic rings. The fourth-order valence-electron chi connectivity index (χ4n) is 16.5. The number of benzene rings is 13. The fourth-order valence-corrected chi connectivity index (χ4v) is 16.5. The number of nitrogens with zero attached hydrogens (tertiary/aromatic N) is 2. The second kappa shape index (κ2) is 22.3. The normalized spacial score (nSPS) is 14.9. The number of fused-ring (bicyclic) bond motifs is 12. The van der Waals surface area contributed by atoms with Crippen LogP contribution >= 0.6 is 0 Å². The summed E-state index contributed by atoms with van der Waals surface area (Å²) in [5.41, 5.74) is 37.5. The standard InChI is InChI=1S/C94H76N2/c1-91(2)83-25-17-15-23-75(83)79-51-45-71(57-87(79)91)95(69-19-11-9-12-20-69)73-47-53-81-77-49-35-63(55-85(77)93(5,6)89(81)59-73)29-27-61-31-37-65(38-32-61)67-41-43-68(44-42-67)66-39-33-62(34-40-66)28-30-64-36-50-78-82-54-48-74(60-90(82)94(7,8)86(78)56-64)96(70-21-13-10-14-22-70)72-46-52-80-76-24-16-18-26-84(76)92(3,4)88(80)58-72/h9-60H,1-8H3/b29-27+,30-28+. The van der Waals surface area contributed by atoms with E-state index < -0.39 is 0 Å². The molecule has 0 aromatic heterocycles. The first-order valence-electron chi connectivity index (χ1n) is 34.0. The summed E-state index contributed by atoms with van der Waals surface area (Å²) in [6, 6.07) is 109. The molecule has 0 heterocycles. The van der Waals surface area contributed by atoms with E-state index in [-0.39, 0.29) is 21.7 Å². The predicted molar refractivity (Wildman–Crippen MR) is 408 cm³/mol. The van der Waals surface area contributed by atoms with Crippen LogP contribution in [-0.2, 0) is 21.7 Å². The Morgan fingerprint density at radius 1 is 0.188 bits per heavy atom. The summed E-state index contributed by atoms with van der Waals surface area (Å²) in [6.07, 6.45) is 9.01. The molecule has 0 bridgehead atoms. The summed E-state index contributed by atoms with van der Waals surface area (Å²) in [7, 11) is 0. The Balaban J connectivity index is 0.555. The molecule has 96 heavy (non-hydrogen) atoms. The Labute approximate surface area is 566 Å². The number of rotatable bonds is 12. The van der Waals surface area contributed by atoms with Crippen LogP contribution < -0.4 is 9.80 Å². The van der Waals surface area contributed by atoms with Crippen molar-refractivity contribution in [3.05, 3.63) is 358 Å². The highest BCUT2D eigenvalue weighted by atomic mass is 15.1. The fraction of sp³-hybridized carbons (Fsp3) is 0.128. The quantitative estimate of drug-likeness (QED) is 0.113. The minimum Gasteiger partial charge on any atom is -0.310 e. The van der Waals surface area contributed by atoms with Gasteiger partial charge >= 0.3 is 0 Å². The second-order valence-corrected chi connectivity index (χ2v) is 29.0. The molecule has 0 N–H and O–H groups in total. The zero-order valence-electron chi connectivity index (χ0n) is 55.9. The largest absolute Gasteiger partial charge is 0.310 e. The summed E-state index contributed by atoms with van der Waals surface area (Å²) in [6.45, 7) is 19.0. The van der Waals surface area contributed by atoms with Gasteiger partial charge in [0, 0.05) is 55.8 Å². The molecule has 0 saturated heterocycles. The van der Waals surface area contributed by atoms with E-state index in [0.29, 0.717) is 0 Å². The van der Waals surface area contributed by atoms with Gasteiger partial charge in [0.1, 0.15) is 0 Å². The van der Waals surface area contributed by atoms with Crippen molar-refractivity contribution in [1.29, 1.82) is 0 Å². The maximum Gasteiger partial charge on any atom is 0.0465 e. The Morgan fingerprint density at radius 2 is 0.417 bits per heavy atom. The molecule has 462 valence electrons. The van der Waals surface area contributed by atoms with Gasteiger partial charge in [-0.25, -0.2) is 0 Å². The monoisotopic (exact) mass is 1230 g/mol. The van der Waals surface area contributed by atoms with Gasteiger partial charge in [0.15, 0.2) is 0 Å². The van der Waals surface area contributed by atoms with Crippen molar-refractivity contribution in [1.82, 2.24) is 0 Å². The predicted octanol–water partition coefficient (Wildman–Crippen LogP) is 25.5. The van der Waals surface area contributed by atoms with Crippen LogP contribution in [0.4, 0.5) is 34.1 Å². The summed E-state index contributed by atoms with van der Waals surface area (Å²) >= 11 is 0. The van der Waals surface area contributed by atoms with Crippen molar-refractivity contribution in [3.8, 4) is 66.8 Å². The van der Waals surface area contributed by atoms with Gasteiger partial charge < -0.3 is 9.80 Å². The summed E-state index contributed by atoms with van der Waals surface area (Å²) < 4.78 is 0. The third kappa shape index (κ3) is 9.59. The lowest BCUT2D eigenvalue weighted by Crippen LogP contribution is -2.18. The molecule has 0 aliphatic heterocycles. The van der Waals surface area contributed by atoms with E-state index in [1.165, 1.54) is 145 Å². The van der Waals surface area contributed by atoms with Gasteiger partial charge in [-0.3, -0.25) is 0 Å². The van der Waals surface area contributed by atoms with E-state index in [1.807, 2.05) is 0 Å². The van der Waals surface area contributed by atoms with Crippen LogP contribution in [0.1, 0.15) is 122 Å². The van der Waals surface area contributed by atoms with Crippen LogP contribution in [0, 0.1) is 0 Å². The minimum absolute atomic E-state index is 0.0905. The molecule has 0 amide bonds. The van der Waals surface area contributed by atoms with Gasteiger partial charge in [-0.2, -0.15) is 0 Å². The van der Waals surface area contributed by atoms with Gasteiger partial charge in [-0.05, 0) is 206 Å². The first kappa shape index (κ1) is 58.7. The van der Waals surface area contributed by atoms with Gasteiger partial charge in [0.25, 0.3) is 0 Å². The van der Waals surface area contributed by atoms with Crippen LogP contribution in [0.2, 0.25) is 0 Å². The van der Waals surface area contributed by atoms with Gasteiger partial charge in [-0.15, -0.1) is 0 Å². The van der Waals surface area contributed by atoms with Crippen LogP contribution in [-0.4, -0.2) is 0 Å². The summed E-state index contributed by atoms with van der Waals surface area (Å²) in [4.78, 5) is 4.87. The molecular formula is C94H76N2. The third-order valence-corrected chi connectivity index (χ3v) is 21.9. The Bertz CT molecular complexity index is 4970. The molecular weight excluding hydrogens is 1160 g/mol. The van der Waals surface area contributed by atoms with Crippen molar-refractivity contribution in [2.45, 2.75) is 77.0 Å². The molecule has 0 saturated carbocycles. The Morgan fingerprint density at radius 3 is 0.740 bits per heavy atom. The van der Waals surface area contributed by atoms with Crippen molar-refractivity contribution < 1.29 is 0 Å². The van der Waals surface area contributed by atoms with Crippen molar-refractivity contribution in [3.63, 3.8) is 0 Å². The van der Waals surface area contributed by atoms with E-state index >= 15 is 0 Å². The average molecular weight is 1230 g/mol. The topological polar surface area (TPSA) is 6.48 Å². The lowest BCUT2D eigenvalue weighted by atomic mass is 9.81. The zero-order chi connectivity index (χ0) is 65.2. The van der Waals surface area contributed by atoms with Crippen LogP contribution in [0.25, 0.3) is 91.1 Å². The maximum absolute atomic E-state index is 2.44. The van der Waals surface area contributed by atoms with Gasteiger partial charge in [-0.1, -0.05) is 298 Å². The molecule has 13 aromatic carbocycles. The number of anilines is 6. The van der Waals surface area contributed by atoms with E-state index in [0.717, 1.165) is 22.7 Å². The van der Waals surface area contributed by atoms with E-state index in [9.17, 15) is 0 Å². The number of hydrogen-bond acceptors (Lipinski definition) is 2. The molecule has 0 fully saturated rings. The second-order valence-electron chi connectivity index (χ2n) is 29.0. The first-order chi connectivity index (χ1) is 46.6. The highest BCUT2D eigenvalue weighted by Gasteiger charge is 2.40. The Hall–Kier alpha value is -11.1. The van der Waals surface area contributed by atoms with Crippen LogP contribution in [0.5, 0.6) is 0 Å². The zero-order valence-corrected chi connectivity index (χ0v) is 55.9. The van der Waals surface area contributed by atoms with Crippen molar-refractivity contribution in [2.24, 2.45) is 0 Å². The molecule has 0 atom stereocenters. The molecule has 13 aromatic rings.